The van der Waals surface area contributed by atoms with E-state index in [1.54, 1.807) is 0 Å². The number of nitrogen functional groups attached to an aromatic ring is 1. The first-order valence-corrected chi connectivity index (χ1v) is 12.4. The average Bonchev–Trinajstić information content (AvgIpc) is 3.37. The van der Waals surface area contributed by atoms with E-state index in [4.69, 9.17) is 5.73 Å². The quantitative estimate of drug-likeness (QED) is 0.106. The zero-order chi connectivity index (χ0) is 26.4. The van der Waals surface area contributed by atoms with Gasteiger partial charge in [-0.05, 0) is 25.3 Å². The van der Waals surface area contributed by atoms with E-state index in [-0.39, 0.29) is 47.1 Å². The van der Waals surface area contributed by atoms with Gasteiger partial charge in [0.15, 0.2) is 10.8 Å². The molecule has 0 radical (unpaired) electrons. The van der Waals surface area contributed by atoms with Crippen LogP contribution in [0.3, 0.4) is 0 Å². The molecule has 3 amide bonds. The van der Waals surface area contributed by atoms with E-state index in [0.717, 1.165) is 15.6 Å². The highest BCUT2D eigenvalue weighted by Crippen LogP contribution is 2.42. The second-order valence-electron chi connectivity index (χ2n) is 8.02. The first kappa shape index (κ1) is 25.6. The molecule has 1 aromatic rings. The van der Waals surface area contributed by atoms with Crippen LogP contribution in [0.1, 0.15) is 25.0 Å². The molecule has 4 heterocycles. The van der Waals surface area contributed by atoms with Gasteiger partial charge in [-0.1, -0.05) is 5.16 Å². The summed E-state index contributed by atoms with van der Waals surface area (Å²) < 4.78 is 39.1. The Bertz CT molecular complexity index is 1240. The van der Waals surface area contributed by atoms with Gasteiger partial charge in [-0.2, -0.15) is 13.2 Å². The molecule has 3 unspecified atom stereocenters. The summed E-state index contributed by atoms with van der Waals surface area (Å²) in [6.07, 6.45) is -2.86. The van der Waals surface area contributed by atoms with Crippen LogP contribution in [0, 0.1) is 0 Å². The maximum atomic E-state index is 12.8. The number of likely N-dealkylation sites (tertiary alicyclic amines) is 1. The third-order valence-electron chi connectivity index (χ3n) is 5.75. The molecular formula is C19H19F3N6O6S2. The number of aromatic nitrogens is 1. The summed E-state index contributed by atoms with van der Waals surface area (Å²) in [5.74, 6) is -2.43. The van der Waals surface area contributed by atoms with E-state index in [2.05, 4.69) is 15.5 Å². The van der Waals surface area contributed by atoms with Gasteiger partial charge in [0.1, 0.15) is 18.3 Å². The maximum absolute atomic E-state index is 12.8. The van der Waals surface area contributed by atoms with Crippen molar-refractivity contribution >= 4 is 60.7 Å². The van der Waals surface area contributed by atoms with Gasteiger partial charge in [-0.3, -0.25) is 18.7 Å². The normalized spacial score (nSPS) is 25.8. The SMILES string of the molecule is Nc1nc(C(=NO)C(=O)NC2C(=O)N3C2CCC(C=C2CCN(CC(F)(F)F)C2=O)=S3C(=O)O)cs1. The number of fused-ring (bicyclic) bond motifs is 1. The van der Waals surface area contributed by atoms with Crippen LogP contribution in [0.5, 0.6) is 0 Å². The molecule has 0 bridgehead atoms. The van der Waals surface area contributed by atoms with Gasteiger partial charge in [0.2, 0.25) is 5.91 Å². The maximum Gasteiger partial charge on any atom is 0.406 e. The number of alkyl halides is 3. The van der Waals surface area contributed by atoms with Gasteiger partial charge in [-0.15, -0.1) is 11.3 Å². The molecule has 3 atom stereocenters. The number of rotatable bonds is 5. The predicted molar refractivity (Wildman–Crippen MR) is 123 cm³/mol. The number of β-lactam (4-membered cyclic amide) rings is 1. The summed E-state index contributed by atoms with van der Waals surface area (Å²) in [7, 11) is -1.78. The number of anilines is 1. The van der Waals surface area contributed by atoms with Gasteiger partial charge in [-0.25, -0.2) is 9.78 Å². The highest BCUT2D eigenvalue weighted by Gasteiger charge is 2.53. The Balaban J connectivity index is 1.52. The standard InChI is InChI=1S/C19H19F3N6O6S2/c20-19(21,22)7-27-4-3-8(15(27)30)5-9-1-2-11-13(16(31)28(11)36(9)18(32)33)25-14(29)12(26-34)10-6-35-17(23)24-10/h5-6,11,13,34H,1-4,7H2,(H2,23,24)(H,25,29)(H,32,33). The van der Waals surface area contributed by atoms with Crippen molar-refractivity contribution in [3.05, 3.63) is 22.7 Å². The number of nitrogens with zero attached hydrogens (tertiary/aromatic N) is 4. The molecule has 0 aliphatic carbocycles. The molecule has 17 heteroatoms. The van der Waals surface area contributed by atoms with E-state index in [1.165, 1.54) is 11.5 Å². The Kier molecular flexibility index (Phi) is 6.78. The number of thiazole rings is 1. The number of amides is 3. The molecule has 2 saturated heterocycles. The third kappa shape index (κ3) is 4.79. The zero-order valence-corrected chi connectivity index (χ0v) is 19.8. The lowest BCUT2D eigenvalue weighted by Gasteiger charge is -2.50. The lowest BCUT2D eigenvalue weighted by atomic mass is 9.92. The summed E-state index contributed by atoms with van der Waals surface area (Å²) in [6.45, 7) is -1.54. The van der Waals surface area contributed by atoms with Crippen molar-refractivity contribution in [3.63, 3.8) is 0 Å². The Hall–Kier alpha value is -3.47. The zero-order valence-electron chi connectivity index (χ0n) is 18.2. The third-order valence-corrected chi connectivity index (χ3v) is 8.42. The Morgan fingerprint density at radius 1 is 1.36 bits per heavy atom. The number of carbonyl (C=O) groups excluding carboxylic acids is 3. The Labute approximate surface area is 207 Å². The highest BCUT2D eigenvalue weighted by molar-refractivity contribution is 8.26. The van der Waals surface area contributed by atoms with E-state index < -0.39 is 64.2 Å². The summed E-state index contributed by atoms with van der Waals surface area (Å²) in [6, 6.07) is -1.76. The van der Waals surface area contributed by atoms with Crippen molar-refractivity contribution in [1.82, 2.24) is 19.5 Å². The van der Waals surface area contributed by atoms with Crippen LogP contribution < -0.4 is 11.1 Å². The van der Waals surface area contributed by atoms with Crippen LogP contribution in [0.2, 0.25) is 0 Å². The van der Waals surface area contributed by atoms with Gasteiger partial charge >= 0.3 is 11.5 Å². The Morgan fingerprint density at radius 2 is 2.08 bits per heavy atom. The number of carboxylic acid groups (broad SMARTS) is 1. The van der Waals surface area contributed by atoms with Crippen LogP contribution in [0.25, 0.3) is 0 Å². The van der Waals surface area contributed by atoms with Crippen LogP contribution in [0.15, 0.2) is 22.2 Å². The molecule has 3 aliphatic heterocycles. The van der Waals surface area contributed by atoms with Crippen molar-refractivity contribution in [2.45, 2.75) is 37.5 Å². The van der Waals surface area contributed by atoms with Crippen LogP contribution in [-0.4, -0.2) is 89.5 Å². The summed E-state index contributed by atoms with van der Waals surface area (Å²) in [5, 5.41) is 24.5. The number of carbonyl (C=O) groups is 4. The van der Waals surface area contributed by atoms with E-state index in [1.807, 2.05) is 0 Å². The number of oxime groups is 1. The van der Waals surface area contributed by atoms with Gasteiger partial charge < -0.3 is 26.3 Å². The molecule has 12 nitrogen and oxygen atoms in total. The number of nitrogens with two attached hydrogens (primary N) is 1. The molecule has 4 rings (SSSR count). The van der Waals surface area contributed by atoms with Crippen molar-refractivity contribution in [1.29, 1.82) is 0 Å². The molecule has 0 saturated carbocycles. The predicted octanol–water partition coefficient (Wildman–Crippen LogP) is 1.15. The largest absolute Gasteiger partial charge is 0.472 e. The lowest BCUT2D eigenvalue weighted by Crippen LogP contribution is -2.70. The molecule has 3 aliphatic rings. The van der Waals surface area contributed by atoms with Crippen molar-refractivity contribution in [3.8, 4) is 0 Å². The molecule has 2 fully saturated rings. The van der Waals surface area contributed by atoms with Crippen LogP contribution in [0.4, 0.5) is 23.1 Å². The smallest absolute Gasteiger partial charge is 0.406 e. The van der Waals surface area contributed by atoms with Crippen LogP contribution in [-0.2, 0) is 14.4 Å². The second-order valence-corrected chi connectivity index (χ2v) is 10.7. The van der Waals surface area contributed by atoms with Gasteiger partial charge in [0, 0.05) is 33.0 Å². The number of allylic oxidation sites excluding steroid dienone is 1. The molecule has 0 aromatic carbocycles. The first-order chi connectivity index (χ1) is 16.9. The van der Waals surface area contributed by atoms with E-state index in [9.17, 15) is 42.7 Å². The first-order valence-electron chi connectivity index (χ1n) is 10.4. The topological polar surface area (TPSA) is 179 Å². The van der Waals surface area contributed by atoms with E-state index in [0.29, 0.717) is 4.90 Å². The Morgan fingerprint density at radius 3 is 2.67 bits per heavy atom. The van der Waals surface area contributed by atoms with Crippen molar-refractivity contribution in [2.75, 3.05) is 18.8 Å². The van der Waals surface area contributed by atoms with Crippen LogP contribution >= 0.6 is 22.0 Å². The minimum atomic E-state index is -4.56. The number of hydrogen-bond donors (Lipinski definition) is 4. The molecule has 1 aromatic heterocycles. The van der Waals surface area contributed by atoms with Crippen molar-refractivity contribution in [2.24, 2.45) is 5.16 Å². The fraction of sp³-hybridized carbons (Fsp3) is 0.421. The fourth-order valence-corrected chi connectivity index (χ4v) is 6.75. The summed E-state index contributed by atoms with van der Waals surface area (Å²) in [5.41, 5.74) is 5.10. The molecule has 5 N–H and O–H groups in total. The molecule has 36 heavy (non-hydrogen) atoms. The molecule has 194 valence electrons. The summed E-state index contributed by atoms with van der Waals surface area (Å²) in [4.78, 5) is 54.6. The van der Waals surface area contributed by atoms with Crippen molar-refractivity contribution < 1.29 is 42.7 Å². The minimum absolute atomic E-state index is 0.00176. The van der Waals surface area contributed by atoms with E-state index >= 15 is 0 Å². The highest BCUT2D eigenvalue weighted by atomic mass is 32.2. The molecule has 0 spiro atoms. The molecular weight excluding hydrogens is 529 g/mol. The average molecular weight is 549 g/mol. The monoisotopic (exact) mass is 548 g/mol. The second kappa shape index (κ2) is 9.53. The minimum Gasteiger partial charge on any atom is -0.472 e. The summed E-state index contributed by atoms with van der Waals surface area (Å²) >= 11 is 1.01. The number of hydrogen-bond acceptors (Lipinski definition) is 9. The lowest BCUT2D eigenvalue weighted by molar-refractivity contribution is -0.156. The van der Waals surface area contributed by atoms with Gasteiger partial charge in [0.05, 0.1) is 6.04 Å². The fourth-order valence-electron chi connectivity index (χ4n) is 4.20. The van der Waals surface area contributed by atoms with Gasteiger partial charge in [0.25, 0.3) is 11.8 Å². The number of nitrogens with one attached hydrogen (secondary N) is 1. The number of halogens is 3.